The number of hydrogen-bond acceptors (Lipinski definition) is 2. The maximum atomic E-state index is 4.55. The van der Waals surface area contributed by atoms with Crippen molar-refractivity contribution in [3.8, 4) is 5.69 Å². The number of nitrogens with zero attached hydrogens (tertiary/aromatic N) is 3. The zero-order chi connectivity index (χ0) is 14.5. The van der Waals surface area contributed by atoms with E-state index in [2.05, 4.69) is 45.8 Å². The summed E-state index contributed by atoms with van der Waals surface area (Å²) in [4.78, 5) is 4.12. The lowest BCUT2D eigenvalue weighted by atomic mass is 10.1. The third kappa shape index (κ3) is 4.20. The highest BCUT2D eigenvalue weighted by molar-refractivity contribution is 14.0. The molecule has 6 heteroatoms. The molecule has 1 aromatic heterocycles. The molecule has 2 aromatic rings. The van der Waals surface area contributed by atoms with Gasteiger partial charge in [-0.3, -0.25) is 4.99 Å². The van der Waals surface area contributed by atoms with Crippen LogP contribution in [0.4, 0.5) is 0 Å². The molecular formula is C15H22IN5. The first kappa shape index (κ1) is 17.5. The average Bonchev–Trinajstić information content (AvgIpc) is 2.79. The van der Waals surface area contributed by atoms with E-state index in [0.29, 0.717) is 6.54 Å². The second-order valence-electron chi connectivity index (χ2n) is 4.64. The van der Waals surface area contributed by atoms with Crippen LogP contribution in [0.2, 0.25) is 0 Å². The van der Waals surface area contributed by atoms with Gasteiger partial charge in [0, 0.05) is 26.3 Å². The first-order chi connectivity index (χ1) is 9.65. The molecular weight excluding hydrogens is 377 g/mol. The van der Waals surface area contributed by atoms with Gasteiger partial charge in [-0.25, -0.2) is 4.68 Å². The Morgan fingerprint density at radius 2 is 2.00 bits per heavy atom. The molecule has 0 aliphatic rings. The Hall–Kier alpha value is -1.57. The van der Waals surface area contributed by atoms with Gasteiger partial charge in [-0.05, 0) is 31.5 Å². The molecule has 1 aromatic carbocycles. The van der Waals surface area contributed by atoms with E-state index in [1.165, 1.54) is 5.56 Å². The third-order valence-electron chi connectivity index (χ3n) is 3.14. The number of aromatic nitrogens is 2. The monoisotopic (exact) mass is 399 g/mol. The maximum Gasteiger partial charge on any atom is 0.190 e. The SMILES string of the molecule is CN=C(NC)NCc1ccccc1-n1nc(C)cc1C.I. The fourth-order valence-corrected chi connectivity index (χ4v) is 2.20. The van der Waals surface area contributed by atoms with Gasteiger partial charge < -0.3 is 10.6 Å². The van der Waals surface area contributed by atoms with Gasteiger partial charge in [-0.1, -0.05) is 18.2 Å². The first-order valence-electron chi connectivity index (χ1n) is 6.65. The Labute approximate surface area is 142 Å². The van der Waals surface area contributed by atoms with E-state index in [1.807, 2.05) is 30.8 Å². The van der Waals surface area contributed by atoms with Gasteiger partial charge in [0.15, 0.2) is 5.96 Å². The van der Waals surface area contributed by atoms with Gasteiger partial charge in [0.25, 0.3) is 0 Å². The number of benzene rings is 1. The van der Waals surface area contributed by atoms with Crippen molar-refractivity contribution in [2.24, 2.45) is 4.99 Å². The number of para-hydroxylation sites is 1. The van der Waals surface area contributed by atoms with E-state index in [0.717, 1.165) is 23.0 Å². The minimum absolute atomic E-state index is 0. The van der Waals surface area contributed by atoms with Crippen molar-refractivity contribution in [1.29, 1.82) is 0 Å². The number of aryl methyl sites for hydroxylation is 2. The number of halogens is 1. The number of nitrogens with one attached hydrogen (secondary N) is 2. The first-order valence-corrected chi connectivity index (χ1v) is 6.65. The Kier molecular flexibility index (Phi) is 6.67. The van der Waals surface area contributed by atoms with Gasteiger partial charge in [-0.15, -0.1) is 24.0 Å². The highest BCUT2D eigenvalue weighted by Crippen LogP contribution is 2.16. The molecule has 0 unspecified atom stereocenters. The van der Waals surface area contributed by atoms with Crippen molar-refractivity contribution < 1.29 is 0 Å². The minimum Gasteiger partial charge on any atom is -0.359 e. The Morgan fingerprint density at radius 1 is 1.29 bits per heavy atom. The van der Waals surface area contributed by atoms with Crippen LogP contribution in [0, 0.1) is 13.8 Å². The molecule has 0 radical (unpaired) electrons. The summed E-state index contributed by atoms with van der Waals surface area (Å²) in [6, 6.07) is 10.3. The van der Waals surface area contributed by atoms with Crippen LogP contribution >= 0.6 is 24.0 Å². The maximum absolute atomic E-state index is 4.55. The number of guanidine groups is 1. The molecule has 0 saturated carbocycles. The van der Waals surface area contributed by atoms with Gasteiger partial charge in [0.1, 0.15) is 0 Å². The molecule has 0 atom stereocenters. The number of aliphatic imine (C=N–C) groups is 1. The topological polar surface area (TPSA) is 54.2 Å². The van der Waals surface area contributed by atoms with Crippen molar-refractivity contribution in [2.75, 3.05) is 14.1 Å². The van der Waals surface area contributed by atoms with Crippen molar-refractivity contribution in [2.45, 2.75) is 20.4 Å². The van der Waals surface area contributed by atoms with Crippen LogP contribution in [-0.4, -0.2) is 29.8 Å². The molecule has 0 aliphatic carbocycles. The smallest absolute Gasteiger partial charge is 0.190 e. The molecule has 1 heterocycles. The fourth-order valence-electron chi connectivity index (χ4n) is 2.20. The van der Waals surface area contributed by atoms with Crippen molar-refractivity contribution >= 4 is 29.9 Å². The average molecular weight is 399 g/mol. The molecule has 0 fully saturated rings. The van der Waals surface area contributed by atoms with Gasteiger partial charge >= 0.3 is 0 Å². The van der Waals surface area contributed by atoms with E-state index < -0.39 is 0 Å². The van der Waals surface area contributed by atoms with E-state index in [1.54, 1.807) is 7.05 Å². The second-order valence-corrected chi connectivity index (χ2v) is 4.64. The predicted molar refractivity (Wildman–Crippen MR) is 97.7 cm³/mol. The van der Waals surface area contributed by atoms with Crippen LogP contribution in [0.15, 0.2) is 35.3 Å². The number of hydrogen-bond donors (Lipinski definition) is 2. The molecule has 114 valence electrons. The third-order valence-corrected chi connectivity index (χ3v) is 3.14. The van der Waals surface area contributed by atoms with Crippen molar-refractivity contribution in [3.63, 3.8) is 0 Å². The molecule has 0 aliphatic heterocycles. The summed E-state index contributed by atoms with van der Waals surface area (Å²) in [7, 11) is 3.61. The predicted octanol–water partition coefficient (Wildman–Crippen LogP) is 2.40. The Morgan fingerprint density at radius 3 is 2.57 bits per heavy atom. The van der Waals surface area contributed by atoms with Crippen LogP contribution in [0.5, 0.6) is 0 Å². The lowest BCUT2D eigenvalue weighted by Crippen LogP contribution is -2.34. The number of rotatable bonds is 3. The molecule has 21 heavy (non-hydrogen) atoms. The molecule has 0 amide bonds. The minimum atomic E-state index is 0. The molecule has 0 spiro atoms. The zero-order valence-corrected chi connectivity index (χ0v) is 15.2. The Bertz CT molecular complexity index is 618. The van der Waals surface area contributed by atoms with Crippen LogP contribution in [-0.2, 0) is 6.54 Å². The van der Waals surface area contributed by atoms with Crippen molar-refractivity contribution in [1.82, 2.24) is 20.4 Å². The van der Waals surface area contributed by atoms with Crippen LogP contribution in [0.1, 0.15) is 17.0 Å². The molecule has 2 rings (SSSR count). The van der Waals surface area contributed by atoms with Gasteiger partial charge in [-0.2, -0.15) is 5.10 Å². The standard InChI is InChI=1S/C15H21N5.HI/c1-11-9-12(2)20(19-11)14-8-6-5-7-13(14)10-18-15(16-3)17-4;/h5-9H,10H2,1-4H3,(H2,16,17,18);1H. The highest BCUT2D eigenvalue weighted by Gasteiger charge is 2.08. The van der Waals surface area contributed by atoms with E-state index >= 15 is 0 Å². The van der Waals surface area contributed by atoms with Gasteiger partial charge in [0.05, 0.1) is 11.4 Å². The summed E-state index contributed by atoms with van der Waals surface area (Å²) in [6.45, 7) is 4.77. The summed E-state index contributed by atoms with van der Waals surface area (Å²) in [6.07, 6.45) is 0. The van der Waals surface area contributed by atoms with Crippen LogP contribution < -0.4 is 10.6 Å². The summed E-state index contributed by atoms with van der Waals surface area (Å²) in [5, 5.41) is 10.8. The molecule has 5 nitrogen and oxygen atoms in total. The molecule has 2 N–H and O–H groups in total. The lowest BCUT2D eigenvalue weighted by molar-refractivity contribution is 0.797. The molecule has 0 saturated heterocycles. The van der Waals surface area contributed by atoms with Crippen LogP contribution in [0.3, 0.4) is 0 Å². The summed E-state index contributed by atoms with van der Waals surface area (Å²) >= 11 is 0. The summed E-state index contributed by atoms with van der Waals surface area (Å²) in [5.41, 5.74) is 4.43. The summed E-state index contributed by atoms with van der Waals surface area (Å²) in [5.74, 6) is 0.771. The van der Waals surface area contributed by atoms with E-state index in [9.17, 15) is 0 Å². The molecule has 0 bridgehead atoms. The Balaban J connectivity index is 0.00000220. The quantitative estimate of drug-likeness (QED) is 0.474. The largest absolute Gasteiger partial charge is 0.359 e. The van der Waals surface area contributed by atoms with E-state index in [-0.39, 0.29) is 24.0 Å². The normalized spacial score (nSPS) is 11.0. The van der Waals surface area contributed by atoms with Crippen molar-refractivity contribution in [3.05, 3.63) is 47.3 Å². The fraction of sp³-hybridized carbons (Fsp3) is 0.333. The van der Waals surface area contributed by atoms with E-state index in [4.69, 9.17) is 0 Å². The highest BCUT2D eigenvalue weighted by atomic mass is 127. The van der Waals surface area contributed by atoms with Crippen LogP contribution in [0.25, 0.3) is 5.69 Å². The lowest BCUT2D eigenvalue weighted by Gasteiger charge is -2.13. The zero-order valence-electron chi connectivity index (χ0n) is 12.8. The summed E-state index contributed by atoms with van der Waals surface area (Å²) < 4.78 is 1.98. The van der Waals surface area contributed by atoms with Gasteiger partial charge in [0.2, 0.25) is 0 Å². The second kappa shape index (κ2) is 8.02.